The predicted octanol–water partition coefficient (Wildman–Crippen LogP) is 22.2. The number of hydrogen-bond acceptors (Lipinski definition) is 7. The first-order chi connectivity index (χ1) is 40.7. The number of aryl methyl sites for hydroxylation is 2. The van der Waals surface area contributed by atoms with E-state index in [0.717, 1.165) is 8.97 Å². The number of unbranched alkanes of at least 4 members (excludes halogenated alkanes) is 32. The first kappa shape index (κ1) is 83.1. The van der Waals surface area contributed by atoms with Crippen LogP contribution in [0.1, 0.15) is 360 Å². The molecule has 11 heteroatoms. The minimum atomic E-state index is -5.43. The standard InChI is InChI=1S/2C37H70N.H2O7S2/c2*1-7-11-15-16-17-18-19-20-21-22-23-24-25-28-34-38(5,6)37(32-13-9-3,33-14-10-4)36-31-27-26-30-35(36)29-12-8-2;1-8(2,3)7-9(4,5)6/h2*26-27,30-31H,7-25,28-29,32-34H2,1-6H3;(H,1,2,3)(H,4,5,6)/q2*+1;/p-2. The summed E-state index contributed by atoms with van der Waals surface area (Å²) in [5.41, 5.74) is 7.15. The van der Waals surface area contributed by atoms with E-state index in [1.807, 2.05) is 0 Å². The molecule has 2 aromatic rings. The van der Waals surface area contributed by atoms with Crippen LogP contribution in [0.2, 0.25) is 0 Å². The van der Waals surface area contributed by atoms with E-state index in [2.05, 4.69) is 136 Å². The first-order valence-corrected chi connectivity index (χ1v) is 38.8. The number of quaternary nitrogens is 2. The highest BCUT2D eigenvalue weighted by atomic mass is 32.3. The van der Waals surface area contributed by atoms with Crippen LogP contribution in [0.4, 0.5) is 0 Å². The molecule has 0 atom stereocenters. The number of benzene rings is 2. The summed E-state index contributed by atoms with van der Waals surface area (Å²) in [5.74, 6) is 0. The molecule has 500 valence electrons. The van der Waals surface area contributed by atoms with Gasteiger partial charge in [-0.2, -0.15) is 3.63 Å². The molecule has 0 fully saturated rings. The van der Waals surface area contributed by atoms with Gasteiger partial charge in [0.05, 0.1) is 41.3 Å². The summed E-state index contributed by atoms with van der Waals surface area (Å²) in [5, 5.41) is 0. The summed E-state index contributed by atoms with van der Waals surface area (Å²) in [7, 11) is -0.570. The smallest absolute Gasteiger partial charge is 0.231 e. The van der Waals surface area contributed by atoms with Crippen LogP contribution in [-0.2, 0) is 48.3 Å². The third kappa shape index (κ3) is 37.8. The van der Waals surface area contributed by atoms with Gasteiger partial charge in [0.15, 0.2) is 0 Å². The first-order valence-electron chi connectivity index (χ1n) is 36.1. The van der Waals surface area contributed by atoms with Gasteiger partial charge >= 0.3 is 0 Å². The molecule has 0 saturated heterocycles. The lowest BCUT2D eigenvalue weighted by Crippen LogP contribution is -2.58. The van der Waals surface area contributed by atoms with Crippen LogP contribution < -0.4 is 0 Å². The van der Waals surface area contributed by atoms with Crippen molar-refractivity contribution in [3.63, 3.8) is 0 Å². The van der Waals surface area contributed by atoms with Crippen molar-refractivity contribution in [3.05, 3.63) is 70.8 Å². The molecule has 0 aliphatic rings. The van der Waals surface area contributed by atoms with Crippen LogP contribution >= 0.6 is 0 Å². The highest BCUT2D eigenvalue weighted by molar-refractivity contribution is 7.94. The molecule has 0 aliphatic carbocycles. The second-order valence-corrected chi connectivity index (χ2v) is 29.1. The Morgan fingerprint density at radius 1 is 0.318 bits per heavy atom. The number of hydrogen-bond donors (Lipinski definition) is 0. The molecule has 0 amide bonds. The van der Waals surface area contributed by atoms with E-state index in [9.17, 15) is 25.9 Å². The zero-order chi connectivity index (χ0) is 63.6. The van der Waals surface area contributed by atoms with Gasteiger partial charge in [0.1, 0.15) is 11.1 Å². The molecule has 0 spiro atoms. The van der Waals surface area contributed by atoms with E-state index in [4.69, 9.17) is 0 Å². The predicted molar refractivity (Wildman–Crippen MR) is 367 cm³/mol. The van der Waals surface area contributed by atoms with Crippen LogP contribution in [0.3, 0.4) is 0 Å². The molecule has 0 saturated carbocycles. The Morgan fingerprint density at radius 3 is 0.741 bits per heavy atom. The van der Waals surface area contributed by atoms with Crippen LogP contribution in [-0.4, -0.2) is 76.2 Å². The van der Waals surface area contributed by atoms with Gasteiger partial charge in [0.25, 0.3) is 0 Å². The fourth-order valence-electron chi connectivity index (χ4n) is 13.6. The van der Waals surface area contributed by atoms with Gasteiger partial charge in [-0.15, -0.1) is 0 Å². The van der Waals surface area contributed by atoms with Crippen molar-refractivity contribution in [2.75, 3.05) is 41.3 Å². The van der Waals surface area contributed by atoms with Crippen molar-refractivity contribution >= 4 is 20.8 Å². The molecule has 0 N–H and O–H groups in total. The van der Waals surface area contributed by atoms with Crippen molar-refractivity contribution in [2.45, 2.75) is 362 Å². The van der Waals surface area contributed by atoms with Gasteiger partial charge in [0.2, 0.25) is 20.8 Å². The molecule has 0 bridgehead atoms. The molecule has 0 aliphatic heterocycles. The fraction of sp³-hybridized carbons (Fsp3) is 0.838. The van der Waals surface area contributed by atoms with Crippen LogP contribution in [0, 0.1) is 0 Å². The van der Waals surface area contributed by atoms with Crippen molar-refractivity contribution < 1.29 is 38.5 Å². The number of rotatable bonds is 54. The van der Waals surface area contributed by atoms with Gasteiger partial charge in [-0.05, 0) is 88.2 Å². The van der Waals surface area contributed by atoms with Gasteiger partial charge in [0, 0.05) is 36.8 Å². The molecule has 0 radical (unpaired) electrons. The monoisotopic (exact) mass is 1230 g/mol. The molecule has 85 heavy (non-hydrogen) atoms. The summed E-state index contributed by atoms with van der Waals surface area (Å²) < 4.78 is 60.5. The molecular weight excluding hydrogens is 1090 g/mol. The second-order valence-electron chi connectivity index (χ2n) is 26.9. The lowest BCUT2D eigenvalue weighted by atomic mass is 9.75. The van der Waals surface area contributed by atoms with E-state index in [1.54, 1.807) is 22.3 Å². The third-order valence-electron chi connectivity index (χ3n) is 19.0. The van der Waals surface area contributed by atoms with Crippen molar-refractivity contribution in [1.29, 1.82) is 0 Å². The van der Waals surface area contributed by atoms with E-state index in [0.29, 0.717) is 0 Å². The Labute approximate surface area is 530 Å². The van der Waals surface area contributed by atoms with Crippen LogP contribution in [0.5, 0.6) is 0 Å². The Kier molecular flexibility index (Phi) is 49.7. The Morgan fingerprint density at radius 2 is 0.529 bits per heavy atom. The number of nitrogens with zero attached hydrogens (tertiary/aromatic N) is 2. The maximum Gasteiger partial charge on any atom is 0.231 e. The summed E-state index contributed by atoms with van der Waals surface area (Å²) in [4.78, 5) is 0. The fourth-order valence-corrected chi connectivity index (χ4v) is 14.4. The SMILES string of the molecule is CCCCCCCCCCCCCCCC[N+](C)(C)C(CCCC)(CCCC)c1ccccc1CCCC.CCCCCCCCCCCCCCCC[N+](C)(C)C(CCCC)(CCCC)c1ccccc1CCCC.O=S(=O)([O-])OS(=O)(=O)[O-]. The van der Waals surface area contributed by atoms with E-state index in [1.165, 1.54) is 308 Å². The van der Waals surface area contributed by atoms with Crippen molar-refractivity contribution in [1.82, 2.24) is 0 Å². The highest BCUT2D eigenvalue weighted by Gasteiger charge is 2.48. The Bertz CT molecular complexity index is 1910. The second kappa shape index (κ2) is 50.8. The lowest BCUT2D eigenvalue weighted by molar-refractivity contribution is -0.951. The molecule has 0 heterocycles. The Hall–Kier alpha value is -1.86. The minimum Gasteiger partial charge on any atom is -0.725 e. The highest BCUT2D eigenvalue weighted by Crippen LogP contribution is 2.46. The largest absolute Gasteiger partial charge is 0.725 e. The van der Waals surface area contributed by atoms with E-state index < -0.39 is 20.8 Å². The molecule has 0 unspecified atom stereocenters. The van der Waals surface area contributed by atoms with Gasteiger partial charge < -0.3 is 18.1 Å². The zero-order valence-corrected chi connectivity index (χ0v) is 59.8. The minimum absolute atomic E-state index is 0.257. The molecular formula is C74H140N2O7S2. The van der Waals surface area contributed by atoms with Crippen LogP contribution in [0.15, 0.2) is 48.5 Å². The maximum atomic E-state index is 9.29. The van der Waals surface area contributed by atoms with Crippen molar-refractivity contribution in [3.8, 4) is 0 Å². The molecule has 2 aromatic carbocycles. The summed E-state index contributed by atoms with van der Waals surface area (Å²) in [6.45, 7) is 21.4. The van der Waals surface area contributed by atoms with Gasteiger partial charge in [-0.1, -0.05) is 297 Å². The van der Waals surface area contributed by atoms with E-state index >= 15 is 0 Å². The Balaban J connectivity index is 0.00000145. The third-order valence-corrected chi connectivity index (χ3v) is 20.4. The topological polar surface area (TPSA) is 124 Å². The van der Waals surface area contributed by atoms with E-state index in [-0.39, 0.29) is 11.1 Å². The molecule has 0 aromatic heterocycles. The average molecular weight is 1230 g/mol. The maximum absolute atomic E-state index is 9.29. The van der Waals surface area contributed by atoms with Gasteiger partial charge in [-0.25, -0.2) is 16.8 Å². The van der Waals surface area contributed by atoms with Gasteiger partial charge in [-0.3, -0.25) is 0 Å². The quantitative estimate of drug-likeness (QED) is 0.0280. The lowest BCUT2D eigenvalue weighted by Gasteiger charge is -2.50. The normalized spacial score (nSPS) is 12.5. The summed E-state index contributed by atoms with van der Waals surface area (Å²) >= 11 is 0. The summed E-state index contributed by atoms with van der Waals surface area (Å²) in [6.07, 6.45) is 63.8. The average Bonchev–Trinajstić information content (AvgIpc) is 1.01. The van der Waals surface area contributed by atoms with Crippen LogP contribution in [0.25, 0.3) is 0 Å². The summed E-state index contributed by atoms with van der Waals surface area (Å²) in [6, 6.07) is 19.1. The zero-order valence-electron chi connectivity index (χ0n) is 58.1. The molecule has 2 rings (SSSR count). The molecule has 9 nitrogen and oxygen atoms in total. The van der Waals surface area contributed by atoms with Crippen molar-refractivity contribution in [2.24, 2.45) is 0 Å².